The molecule has 5 heteroatoms. The third kappa shape index (κ3) is 0.888. The number of sulfone groups is 1. The van der Waals surface area contributed by atoms with Crippen LogP contribution >= 0.6 is 0 Å². The molecule has 0 saturated carbocycles. The van der Waals surface area contributed by atoms with Gasteiger partial charge in [0.1, 0.15) is 0 Å². The number of fused-ring (bicyclic) bond motifs is 1. The van der Waals surface area contributed by atoms with Gasteiger partial charge in [-0.15, -0.1) is 0 Å². The first-order chi connectivity index (χ1) is 5.52. The Hall–Kier alpha value is -0.580. The van der Waals surface area contributed by atoms with Gasteiger partial charge < -0.3 is 4.90 Å². The molecule has 0 unspecified atom stereocenters. The van der Waals surface area contributed by atoms with Gasteiger partial charge in [-0.2, -0.15) is 0 Å². The van der Waals surface area contributed by atoms with Crippen molar-refractivity contribution in [2.75, 3.05) is 12.8 Å². The summed E-state index contributed by atoms with van der Waals surface area (Å²) in [4.78, 5) is 12.9. The summed E-state index contributed by atoms with van der Waals surface area (Å²) in [6.07, 6.45) is 2.94. The molecule has 2 rings (SSSR count). The van der Waals surface area contributed by atoms with Gasteiger partial charge in [-0.1, -0.05) is 0 Å². The van der Waals surface area contributed by atoms with Crippen LogP contribution in [0.4, 0.5) is 0 Å². The maximum Gasteiger partial charge on any atom is 0.243 e. The Balaban J connectivity index is 2.26. The molecule has 0 radical (unpaired) electrons. The number of hydrogen-bond donors (Lipinski definition) is 0. The van der Waals surface area contributed by atoms with Crippen LogP contribution in [0.15, 0.2) is 0 Å². The first-order valence-electron chi connectivity index (χ1n) is 4.01. The number of rotatable bonds is 1. The van der Waals surface area contributed by atoms with Crippen molar-refractivity contribution in [3.05, 3.63) is 0 Å². The summed E-state index contributed by atoms with van der Waals surface area (Å²) < 4.78 is 22.2. The number of carbonyl (C=O) groups excluding carboxylic acids is 1. The number of amides is 1. The molecule has 0 aromatic carbocycles. The average Bonchev–Trinajstić information content (AvgIpc) is 2.27. The topological polar surface area (TPSA) is 54.5 Å². The second kappa shape index (κ2) is 2.22. The standard InChI is InChI=1S/C7H11NO3S/c1-12(10,11)6-5-3-2-4-8(5)7(6)9/h5-6H,2-4H2,1H3/t5-,6+/m1/s1. The lowest BCUT2D eigenvalue weighted by atomic mass is 10.0. The van der Waals surface area contributed by atoms with Crippen LogP contribution in [0.1, 0.15) is 12.8 Å². The Labute approximate surface area is 71.5 Å². The highest BCUT2D eigenvalue weighted by Gasteiger charge is 2.54. The minimum atomic E-state index is -3.16. The van der Waals surface area contributed by atoms with Crippen LogP contribution in [0.25, 0.3) is 0 Å². The van der Waals surface area contributed by atoms with Crippen LogP contribution in [0.5, 0.6) is 0 Å². The zero-order chi connectivity index (χ0) is 8.93. The molecule has 2 saturated heterocycles. The van der Waals surface area contributed by atoms with Gasteiger partial charge >= 0.3 is 0 Å². The van der Waals surface area contributed by atoms with Crippen molar-refractivity contribution in [1.82, 2.24) is 4.90 Å². The van der Waals surface area contributed by atoms with E-state index in [4.69, 9.17) is 0 Å². The lowest BCUT2D eigenvalue weighted by Gasteiger charge is -2.41. The summed E-state index contributed by atoms with van der Waals surface area (Å²) >= 11 is 0. The number of carbonyl (C=O) groups is 1. The highest BCUT2D eigenvalue weighted by atomic mass is 32.2. The molecule has 2 fully saturated rings. The van der Waals surface area contributed by atoms with E-state index >= 15 is 0 Å². The third-order valence-corrected chi connectivity index (χ3v) is 4.07. The Morgan fingerprint density at radius 1 is 1.50 bits per heavy atom. The molecule has 2 aliphatic heterocycles. The molecule has 2 heterocycles. The number of β-lactam (4-membered cyclic amide) rings is 1. The number of nitrogens with zero attached hydrogens (tertiary/aromatic N) is 1. The molecule has 0 N–H and O–H groups in total. The third-order valence-electron chi connectivity index (χ3n) is 2.64. The second-order valence-electron chi connectivity index (χ2n) is 3.49. The Kier molecular flexibility index (Phi) is 1.49. The van der Waals surface area contributed by atoms with Crippen molar-refractivity contribution in [2.24, 2.45) is 0 Å². The molecular weight excluding hydrogens is 178 g/mol. The number of hydrogen-bond acceptors (Lipinski definition) is 3. The van der Waals surface area contributed by atoms with E-state index in [1.165, 1.54) is 0 Å². The van der Waals surface area contributed by atoms with Crippen molar-refractivity contribution >= 4 is 15.7 Å². The highest BCUT2D eigenvalue weighted by molar-refractivity contribution is 7.92. The summed E-state index contributed by atoms with van der Waals surface area (Å²) in [5.74, 6) is -0.194. The van der Waals surface area contributed by atoms with E-state index < -0.39 is 15.1 Å². The maximum absolute atomic E-state index is 11.2. The van der Waals surface area contributed by atoms with E-state index in [1.807, 2.05) is 0 Å². The van der Waals surface area contributed by atoms with Gasteiger partial charge in [0.15, 0.2) is 15.1 Å². The molecule has 0 bridgehead atoms. The summed E-state index contributed by atoms with van der Waals surface area (Å²) in [5.41, 5.74) is 0. The van der Waals surface area contributed by atoms with E-state index in [2.05, 4.69) is 0 Å². The van der Waals surface area contributed by atoms with Crippen molar-refractivity contribution in [3.63, 3.8) is 0 Å². The van der Waals surface area contributed by atoms with Gasteiger partial charge in [-0.25, -0.2) is 8.42 Å². The molecule has 4 nitrogen and oxygen atoms in total. The molecule has 1 amide bonds. The van der Waals surface area contributed by atoms with E-state index in [0.717, 1.165) is 25.6 Å². The fourth-order valence-electron chi connectivity index (χ4n) is 2.10. The lowest BCUT2D eigenvalue weighted by Crippen LogP contribution is -2.64. The monoisotopic (exact) mass is 189 g/mol. The highest BCUT2D eigenvalue weighted by Crippen LogP contribution is 2.34. The SMILES string of the molecule is CS(=O)(=O)[C@@H]1C(=O)N2CCC[C@H]12. The molecule has 0 spiro atoms. The molecule has 0 aliphatic carbocycles. The molecule has 68 valence electrons. The van der Waals surface area contributed by atoms with Crippen molar-refractivity contribution in [2.45, 2.75) is 24.1 Å². The van der Waals surface area contributed by atoms with Gasteiger partial charge in [-0.05, 0) is 12.8 Å². The normalized spacial score (nSPS) is 34.8. The second-order valence-corrected chi connectivity index (χ2v) is 5.66. The predicted octanol–water partition coefficient (Wildman–Crippen LogP) is -0.596. The zero-order valence-corrected chi connectivity index (χ0v) is 7.67. The minimum Gasteiger partial charge on any atom is -0.337 e. The summed E-state index contributed by atoms with van der Waals surface area (Å²) in [7, 11) is -3.16. The largest absolute Gasteiger partial charge is 0.337 e. The summed E-state index contributed by atoms with van der Waals surface area (Å²) in [5, 5.41) is -0.722. The molecule has 2 aliphatic rings. The average molecular weight is 189 g/mol. The minimum absolute atomic E-state index is 0.00694. The Bertz CT molecular complexity index is 322. The van der Waals surface area contributed by atoms with Crippen LogP contribution in [-0.2, 0) is 14.6 Å². The van der Waals surface area contributed by atoms with E-state index in [0.29, 0.717) is 0 Å². The molecular formula is C7H11NO3S. The van der Waals surface area contributed by atoms with E-state index in [1.54, 1.807) is 4.90 Å². The van der Waals surface area contributed by atoms with Crippen molar-refractivity contribution in [3.8, 4) is 0 Å². The quantitative estimate of drug-likeness (QED) is 0.518. The maximum atomic E-state index is 11.2. The van der Waals surface area contributed by atoms with Gasteiger partial charge in [0.2, 0.25) is 5.91 Å². The summed E-state index contributed by atoms with van der Waals surface area (Å²) in [6.45, 7) is 0.746. The smallest absolute Gasteiger partial charge is 0.243 e. The van der Waals surface area contributed by atoms with Crippen LogP contribution in [0.3, 0.4) is 0 Å². The van der Waals surface area contributed by atoms with Crippen LogP contribution < -0.4 is 0 Å². The van der Waals surface area contributed by atoms with Crippen LogP contribution in [0, 0.1) is 0 Å². The predicted molar refractivity (Wildman–Crippen MR) is 43.4 cm³/mol. The van der Waals surface area contributed by atoms with Gasteiger partial charge in [0, 0.05) is 12.8 Å². The zero-order valence-electron chi connectivity index (χ0n) is 6.86. The van der Waals surface area contributed by atoms with Gasteiger partial charge in [0.05, 0.1) is 6.04 Å². The molecule has 0 aromatic rings. The fourth-order valence-corrected chi connectivity index (χ4v) is 3.45. The van der Waals surface area contributed by atoms with Gasteiger partial charge in [-0.3, -0.25) is 4.79 Å². The first-order valence-corrected chi connectivity index (χ1v) is 5.96. The van der Waals surface area contributed by atoms with E-state index in [-0.39, 0.29) is 11.9 Å². The molecule has 0 aromatic heterocycles. The fraction of sp³-hybridized carbons (Fsp3) is 0.857. The Morgan fingerprint density at radius 2 is 2.17 bits per heavy atom. The molecule has 2 atom stereocenters. The first kappa shape index (κ1) is 8.04. The van der Waals surface area contributed by atoms with Crippen LogP contribution in [0.2, 0.25) is 0 Å². The van der Waals surface area contributed by atoms with Gasteiger partial charge in [0.25, 0.3) is 0 Å². The van der Waals surface area contributed by atoms with Crippen molar-refractivity contribution < 1.29 is 13.2 Å². The Morgan fingerprint density at radius 3 is 2.75 bits per heavy atom. The van der Waals surface area contributed by atoms with E-state index in [9.17, 15) is 13.2 Å². The van der Waals surface area contributed by atoms with Crippen LogP contribution in [-0.4, -0.2) is 43.3 Å². The van der Waals surface area contributed by atoms with Crippen molar-refractivity contribution in [1.29, 1.82) is 0 Å². The molecule has 12 heavy (non-hydrogen) atoms. The lowest BCUT2D eigenvalue weighted by molar-refractivity contribution is -0.141. The summed E-state index contributed by atoms with van der Waals surface area (Å²) in [6, 6.07) is -0.00694.